The number of nitrogens with zero attached hydrogens (tertiary/aromatic N) is 1. The number of unbranched alkanes of at least 4 members (excludes halogenated alkanes) is 1. The largest absolute Gasteiger partial charge is 0.462 e. The summed E-state index contributed by atoms with van der Waals surface area (Å²) >= 11 is 0. The summed E-state index contributed by atoms with van der Waals surface area (Å²) in [6, 6.07) is 7.20. The molecule has 1 aromatic rings. The highest BCUT2D eigenvalue weighted by Crippen LogP contribution is 2.24. The number of esters is 1. The van der Waals surface area contributed by atoms with Gasteiger partial charge in [0.2, 0.25) is 0 Å². The van der Waals surface area contributed by atoms with Gasteiger partial charge in [-0.25, -0.2) is 4.79 Å². The van der Waals surface area contributed by atoms with Gasteiger partial charge in [0.1, 0.15) is 5.84 Å². The molecule has 0 aromatic heterocycles. The first-order valence-electron chi connectivity index (χ1n) is 8.78. The van der Waals surface area contributed by atoms with Crippen LogP contribution in [0.25, 0.3) is 0 Å². The Bertz CT molecular complexity index is 517. The van der Waals surface area contributed by atoms with Crippen LogP contribution in [0.2, 0.25) is 0 Å². The second-order valence-corrected chi connectivity index (χ2v) is 6.30. The molecule has 1 aliphatic carbocycles. The highest BCUT2D eigenvalue weighted by Gasteiger charge is 2.16. The lowest BCUT2D eigenvalue weighted by atomic mass is 9.90. The van der Waals surface area contributed by atoms with Crippen LogP contribution in [0, 0.1) is 5.92 Å². The van der Waals surface area contributed by atoms with Crippen LogP contribution in [0.15, 0.2) is 29.3 Å². The number of ether oxygens (including phenoxy) is 1. The summed E-state index contributed by atoms with van der Waals surface area (Å²) in [7, 11) is 0. The van der Waals surface area contributed by atoms with Gasteiger partial charge in [0, 0.05) is 12.1 Å². The fraction of sp³-hybridized carbons (Fsp3) is 0.579. The average molecular weight is 316 g/mol. The van der Waals surface area contributed by atoms with Gasteiger partial charge in [-0.1, -0.05) is 44.7 Å². The first kappa shape index (κ1) is 17.5. The van der Waals surface area contributed by atoms with Crippen LogP contribution in [-0.4, -0.2) is 25.0 Å². The number of rotatable bonds is 7. The molecular formula is C19H28N2O2. The minimum Gasteiger partial charge on any atom is -0.462 e. The summed E-state index contributed by atoms with van der Waals surface area (Å²) in [6.07, 6.45) is 8.32. The molecule has 126 valence electrons. The van der Waals surface area contributed by atoms with E-state index >= 15 is 0 Å². The lowest BCUT2D eigenvalue weighted by Gasteiger charge is -2.21. The van der Waals surface area contributed by atoms with Crippen molar-refractivity contribution >= 4 is 11.8 Å². The van der Waals surface area contributed by atoms with Gasteiger partial charge < -0.3 is 10.5 Å². The number of carbonyl (C=O) groups is 1. The lowest BCUT2D eigenvalue weighted by molar-refractivity contribution is 0.0410. The van der Waals surface area contributed by atoms with Crippen molar-refractivity contribution in [1.82, 2.24) is 0 Å². The molecule has 0 unspecified atom stereocenters. The van der Waals surface area contributed by atoms with E-state index in [9.17, 15) is 4.79 Å². The molecule has 1 fully saturated rings. The molecule has 0 radical (unpaired) electrons. The fourth-order valence-corrected chi connectivity index (χ4v) is 2.86. The molecule has 0 bridgehead atoms. The van der Waals surface area contributed by atoms with Crippen LogP contribution < -0.4 is 5.73 Å². The van der Waals surface area contributed by atoms with E-state index in [-0.39, 0.29) is 5.97 Å². The van der Waals surface area contributed by atoms with Crippen molar-refractivity contribution in [3.05, 3.63) is 35.4 Å². The Balaban J connectivity index is 1.85. The van der Waals surface area contributed by atoms with E-state index < -0.39 is 0 Å². The molecule has 4 heteroatoms. The molecule has 23 heavy (non-hydrogen) atoms. The van der Waals surface area contributed by atoms with E-state index in [0.717, 1.165) is 24.9 Å². The van der Waals surface area contributed by atoms with Gasteiger partial charge >= 0.3 is 5.97 Å². The zero-order valence-electron chi connectivity index (χ0n) is 14.1. The van der Waals surface area contributed by atoms with Gasteiger partial charge in [-0.2, -0.15) is 0 Å². The van der Waals surface area contributed by atoms with E-state index in [4.69, 9.17) is 10.5 Å². The summed E-state index contributed by atoms with van der Waals surface area (Å²) in [5.74, 6) is 0.817. The van der Waals surface area contributed by atoms with Crippen LogP contribution in [0.4, 0.5) is 0 Å². The molecule has 0 atom stereocenters. The third-order valence-electron chi connectivity index (χ3n) is 4.39. The molecule has 0 heterocycles. The Morgan fingerprint density at radius 3 is 2.48 bits per heavy atom. The molecule has 2 rings (SSSR count). The molecule has 0 aliphatic heterocycles. The quantitative estimate of drug-likeness (QED) is 0.359. The summed E-state index contributed by atoms with van der Waals surface area (Å²) in [5.41, 5.74) is 7.38. The third kappa shape index (κ3) is 5.70. The van der Waals surface area contributed by atoms with Gasteiger partial charge in [-0.05, 0) is 37.3 Å². The minimum absolute atomic E-state index is 0.247. The number of nitrogens with two attached hydrogens (primary N) is 1. The van der Waals surface area contributed by atoms with Gasteiger partial charge in [-0.3, -0.25) is 4.99 Å². The van der Waals surface area contributed by atoms with Crippen molar-refractivity contribution in [3.8, 4) is 0 Å². The zero-order valence-corrected chi connectivity index (χ0v) is 14.1. The number of hydrogen-bond acceptors (Lipinski definition) is 3. The van der Waals surface area contributed by atoms with Crippen LogP contribution in [0.5, 0.6) is 0 Å². The number of carbonyl (C=O) groups excluding carboxylic acids is 1. The van der Waals surface area contributed by atoms with Gasteiger partial charge in [0.15, 0.2) is 0 Å². The van der Waals surface area contributed by atoms with Crippen LogP contribution in [0.1, 0.15) is 67.8 Å². The number of hydrogen-bond donors (Lipinski definition) is 1. The molecular weight excluding hydrogens is 288 g/mol. The fourth-order valence-electron chi connectivity index (χ4n) is 2.86. The normalized spacial score (nSPS) is 16.3. The van der Waals surface area contributed by atoms with E-state index in [2.05, 4.69) is 11.9 Å². The Kier molecular flexibility index (Phi) is 7.11. The molecule has 1 aliphatic rings. The third-order valence-corrected chi connectivity index (χ3v) is 4.39. The molecule has 1 saturated carbocycles. The van der Waals surface area contributed by atoms with Crippen LogP contribution >= 0.6 is 0 Å². The average Bonchev–Trinajstić information content (AvgIpc) is 2.61. The van der Waals surface area contributed by atoms with Crippen molar-refractivity contribution in [1.29, 1.82) is 0 Å². The lowest BCUT2D eigenvalue weighted by Crippen LogP contribution is -2.17. The van der Waals surface area contributed by atoms with Crippen LogP contribution in [-0.2, 0) is 4.74 Å². The van der Waals surface area contributed by atoms with E-state index in [1.165, 1.54) is 32.1 Å². The Morgan fingerprint density at radius 1 is 1.17 bits per heavy atom. The number of aliphatic imine (C=N–C) groups is 1. The second kappa shape index (κ2) is 9.33. The van der Waals surface area contributed by atoms with Gasteiger partial charge in [0.25, 0.3) is 0 Å². The first-order valence-corrected chi connectivity index (χ1v) is 8.78. The Labute approximate surface area is 139 Å². The van der Waals surface area contributed by atoms with Gasteiger partial charge in [-0.15, -0.1) is 0 Å². The minimum atomic E-state index is -0.247. The predicted octanol–water partition coefficient (Wildman–Crippen LogP) is 3.93. The topological polar surface area (TPSA) is 64.7 Å². The van der Waals surface area contributed by atoms with E-state index in [0.29, 0.717) is 23.9 Å². The van der Waals surface area contributed by atoms with Crippen molar-refractivity contribution in [3.63, 3.8) is 0 Å². The van der Waals surface area contributed by atoms with E-state index in [1.807, 2.05) is 12.1 Å². The highest BCUT2D eigenvalue weighted by atomic mass is 16.5. The number of amidine groups is 1. The van der Waals surface area contributed by atoms with Crippen molar-refractivity contribution in [2.75, 3.05) is 13.2 Å². The van der Waals surface area contributed by atoms with Crippen molar-refractivity contribution in [2.45, 2.75) is 51.9 Å². The predicted molar refractivity (Wildman–Crippen MR) is 93.8 cm³/mol. The standard InChI is InChI=1S/C19H28N2O2/c1-2-3-13-21-18(20)16-9-11-17(12-10-16)19(22)23-14-15-7-5-4-6-8-15/h9-12,15H,2-8,13-14H2,1H3,(H2,20,21). The van der Waals surface area contributed by atoms with Crippen molar-refractivity contribution in [2.24, 2.45) is 16.6 Å². The van der Waals surface area contributed by atoms with Crippen molar-refractivity contribution < 1.29 is 9.53 Å². The van der Waals surface area contributed by atoms with E-state index in [1.54, 1.807) is 12.1 Å². The summed E-state index contributed by atoms with van der Waals surface area (Å²) < 4.78 is 5.45. The molecule has 0 spiro atoms. The van der Waals surface area contributed by atoms with Gasteiger partial charge in [0.05, 0.1) is 12.2 Å². The monoisotopic (exact) mass is 316 g/mol. The molecule has 2 N–H and O–H groups in total. The molecule has 0 saturated heterocycles. The smallest absolute Gasteiger partial charge is 0.338 e. The highest BCUT2D eigenvalue weighted by molar-refractivity contribution is 5.98. The Morgan fingerprint density at radius 2 is 1.83 bits per heavy atom. The zero-order chi connectivity index (χ0) is 16.5. The summed E-state index contributed by atoms with van der Waals surface area (Å²) in [4.78, 5) is 16.4. The Hall–Kier alpha value is -1.84. The first-order chi connectivity index (χ1) is 11.2. The number of benzene rings is 1. The maximum atomic E-state index is 12.1. The van der Waals surface area contributed by atoms with Crippen LogP contribution in [0.3, 0.4) is 0 Å². The maximum absolute atomic E-state index is 12.1. The maximum Gasteiger partial charge on any atom is 0.338 e. The molecule has 4 nitrogen and oxygen atoms in total. The summed E-state index contributed by atoms with van der Waals surface area (Å²) in [5, 5.41) is 0. The SMILES string of the molecule is CCCCN=C(N)c1ccc(C(=O)OCC2CCCCC2)cc1. The summed E-state index contributed by atoms with van der Waals surface area (Å²) in [6.45, 7) is 3.41. The molecule has 1 aromatic carbocycles. The second-order valence-electron chi connectivity index (χ2n) is 6.30. The molecule has 0 amide bonds.